The molecule has 0 fully saturated rings. The van der Waals surface area contributed by atoms with Crippen LogP contribution < -0.4 is 0 Å². The second-order valence-electron chi connectivity index (χ2n) is 3.82. The molecule has 0 atom stereocenters. The second kappa shape index (κ2) is 12.5. The van der Waals surface area contributed by atoms with Crippen molar-refractivity contribution < 1.29 is 0 Å². The Morgan fingerprint density at radius 3 is 1.79 bits per heavy atom. The van der Waals surface area contributed by atoms with Crippen molar-refractivity contribution in [2.75, 3.05) is 0 Å². The maximum Gasteiger partial charge on any atom is -0.0169 e. The molecule has 0 aromatic rings. The molecule has 0 nitrogen and oxygen atoms in total. The Morgan fingerprint density at radius 1 is 0.643 bits per heavy atom. The van der Waals surface area contributed by atoms with Crippen LogP contribution in [0, 0.1) is 0 Å². The summed E-state index contributed by atoms with van der Waals surface area (Å²) in [6, 6.07) is 0. The summed E-state index contributed by atoms with van der Waals surface area (Å²) in [6.45, 7) is 4.49. The summed E-state index contributed by atoms with van der Waals surface area (Å²) in [6.07, 6.45) is 19.5. The highest BCUT2D eigenvalue weighted by Crippen LogP contribution is 2.01. The Labute approximate surface area is 90.1 Å². The standard InChI is InChI=1S/C14H26/c1-3-5-7-9-11-13-14-12-10-8-6-4-2/h9,11-12,14H,3-8,10,13H2,1-2H3/b11-9+,14-12-. The lowest BCUT2D eigenvalue weighted by Gasteiger charge is -1.91. The number of unbranched alkanes of at least 4 members (excludes halogenated alkanes) is 5. The van der Waals surface area contributed by atoms with Crippen molar-refractivity contribution in [1.82, 2.24) is 0 Å². The molecule has 0 saturated heterocycles. The minimum Gasteiger partial charge on any atom is -0.0882 e. The van der Waals surface area contributed by atoms with Gasteiger partial charge in [-0.15, -0.1) is 0 Å². The molecule has 0 spiro atoms. The second-order valence-corrected chi connectivity index (χ2v) is 3.82. The molecule has 0 heterocycles. The molecule has 0 aliphatic carbocycles. The number of allylic oxidation sites excluding steroid dienone is 4. The summed E-state index contributed by atoms with van der Waals surface area (Å²) in [4.78, 5) is 0. The first kappa shape index (κ1) is 13.5. The van der Waals surface area contributed by atoms with Crippen molar-refractivity contribution in [3.05, 3.63) is 24.3 Å². The van der Waals surface area contributed by atoms with E-state index in [0.717, 1.165) is 6.42 Å². The average molecular weight is 194 g/mol. The number of hydrogen-bond acceptors (Lipinski definition) is 0. The van der Waals surface area contributed by atoms with Crippen molar-refractivity contribution in [3.8, 4) is 0 Å². The summed E-state index contributed by atoms with van der Waals surface area (Å²) < 4.78 is 0. The van der Waals surface area contributed by atoms with Gasteiger partial charge in [-0.2, -0.15) is 0 Å². The fourth-order valence-corrected chi connectivity index (χ4v) is 1.34. The van der Waals surface area contributed by atoms with E-state index >= 15 is 0 Å². The first-order chi connectivity index (χ1) is 6.91. The maximum absolute atomic E-state index is 2.32. The SMILES string of the molecule is CCCC/C=C/C/C=C\CCCCC. The zero-order valence-electron chi connectivity index (χ0n) is 9.97. The van der Waals surface area contributed by atoms with Crippen molar-refractivity contribution in [2.45, 2.75) is 65.2 Å². The van der Waals surface area contributed by atoms with E-state index in [-0.39, 0.29) is 0 Å². The highest BCUT2D eigenvalue weighted by atomic mass is 13.9. The highest BCUT2D eigenvalue weighted by Gasteiger charge is 1.81. The van der Waals surface area contributed by atoms with Crippen molar-refractivity contribution in [2.24, 2.45) is 0 Å². The largest absolute Gasteiger partial charge is 0.0882 e. The van der Waals surface area contributed by atoms with Crippen molar-refractivity contribution in [3.63, 3.8) is 0 Å². The Bertz CT molecular complexity index is 142. The molecule has 0 N–H and O–H groups in total. The van der Waals surface area contributed by atoms with E-state index in [1.807, 2.05) is 0 Å². The molecule has 0 bridgehead atoms. The predicted molar refractivity (Wildman–Crippen MR) is 66.6 cm³/mol. The zero-order chi connectivity index (χ0) is 10.5. The first-order valence-corrected chi connectivity index (χ1v) is 6.21. The van der Waals surface area contributed by atoms with Gasteiger partial charge in [0.15, 0.2) is 0 Å². The molecule has 0 aromatic heterocycles. The molecule has 14 heavy (non-hydrogen) atoms. The maximum atomic E-state index is 2.32. The van der Waals surface area contributed by atoms with Crippen LogP contribution in [0.15, 0.2) is 24.3 Å². The molecule has 0 amide bonds. The third kappa shape index (κ3) is 11.5. The first-order valence-electron chi connectivity index (χ1n) is 6.21. The van der Waals surface area contributed by atoms with Crippen LogP contribution in [0.2, 0.25) is 0 Å². The van der Waals surface area contributed by atoms with Crippen LogP contribution in [0.3, 0.4) is 0 Å². The van der Waals surface area contributed by atoms with Crippen LogP contribution in [0.25, 0.3) is 0 Å². The van der Waals surface area contributed by atoms with E-state index in [4.69, 9.17) is 0 Å². The quantitative estimate of drug-likeness (QED) is 0.347. The van der Waals surface area contributed by atoms with Gasteiger partial charge in [-0.25, -0.2) is 0 Å². The molecule has 0 saturated carbocycles. The van der Waals surface area contributed by atoms with Crippen LogP contribution in [-0.4, -0.2) is 0 Å². The molecule has 0 radical (unpaired) electrons. The molecule has 0 aliphatic heterocycles. The fourth-order valence-electron chi connectivity index (χ4n) is 1.34. The Morgan fingerprint density at radius 2 is 1.21 bits per heavy atom. The molecule has 0 rings (SSSR count). The normalized spacial score (nSPS) is 11.9. The van der Waals surface area contributed by atoms with E-state index in [0.29, 0.717) is 0 Å². The lowest BCUT2D eigenvalue weighted by Crippen LogP contribution is -1.70. The van der Waals surface area contributed by atoms with Gasteiger partial charge in [-0.05, 0) is 25.7 Å². The van der Waals surface area contributed by atoms with Crippen LogP contribution in [0.5, 0.6) is 0 Å². The molecule has 0 heteroatoms. The van der Waals surface area contributed by atoms with Gasteiger partial charge in [0.2, 0.25) is 0 Å². The smallest absolute Gasteiger partial charge is 0.0169 e. The monoisotopic (exact) mass is 194 g/mol. The lowest BCUT2D eigenvalue weighted by molar-refractivity contribution is 0.728. The molecular weight excluding hydrogens is 168 g/mol. The van der Waals surface area contributed by atoms with E-state index in [9.17, 15) is 0 Å². The topological polar surface area (TPSA) is 0 Å². The van der Waals surface area contributed by atoms with Crippen LogP contribution >= 0.6 is 0 Å². The van der Waals surface area contributed by atoms with Gasteiger partial charge in [0.05, 0.1) is 0 Å². The van der Waals surface area contributed by atoms with Gasteiger partial charge in [0, 0.05) is 0 Å². The number of rotatable bonds is 9. The Balaban J connectivity index is 3.13. The van der Waals surface area contributed by atoms with Gasteiger partial charge in [-0.3, -0.25) is 0 Å². The van der Waals surface area contributed by atoms with E-state index in [2.05, 4.69) is 38.2 Å². The van der Waals surface area contributed by atoms with Crippen LogP contribution in [0.4, 0.5) is 0 Å². The predicted octanol–water partition coefficient (Wildman–Crippen LogP) is 5.26. The van der Waals surface area contributed by atoms with Crippen LogP contribution in [0.1, 0.15) is 65.2 Å². The number of hydrogen-bond donors (Lipinski definition) is 0. The summed E-state index contributed by atoms with van der Waals surface area (Å²) in [7, 11) is 0. The van der Waals surface area contributed by atoms with Gasteiger partial charge >= 0.3 is 0 Å². The summed E-state index contributed by atoms with van der Waals surface area (Å²) >= 11 is 0. The molecule has 0 unspecified atom stereocenters. The van der Waals surface area contributed by atoms with Crippen molar-refractivity contribution in [1.29, 1.82) is 0 Å². The summed E-state index contributed by atoms with van der Waals surface area (Å²) in [5.41, 5.74) is 0. The van der Waals surface area contributed by atoms with Crippen LogP contribution in [-0.2, 0) is 0 Å². The van der Waals surface area contributed by atoms with E-state index in [1.54, 1.807) is 0 Å². The van der Waals surface area contributed by atoms with Gasteiger partial charge in [0.1, 0.15) is 0 Å². The van der Waals surface area contributed by atoms with E-state index in [1.165, 1.54) is 44.9 Å². The Hall–Kier alpha value is -0.520. The van der Waals surface area contributed by atoms with Gasteiger partial charge < -0.3 is 0 Å². The minimum absolute atomic E-state index is 1.12. The molecule has 82 valence electrons. The average Bonchev–Trinajstić information content (AvgIpc) is 2.21. The molecular formula is C14H26. The van der Waals surface area contributed by atoms with E-state index < -0.39 is 0 Å². The molecule has 0 aliphatic rings. The lowest BCUT2D eigenvalue weighted by atomic mass is 10.2. The third-order valence-corrected chi connectivity index (χ3v) is 2.30. The molecule has 0 aromatic carbocycles. The van der Waals surface area contributed by atoms with Gasteiger partial charge in [-0.1, -0.05) is 63.8 Å². The third-order valence-electron chi connectivity index (χ3n) is 2.30. The minimum atomic E-state index is 1.12. The van der Waals surface area contributed by atoms with Gasteiger partial charge in [0.25, 0.3) is 0 Å². The Kier molecular flexibility index (Phi) is 12.0. The van der Waals surface area contributed by atoms with Crippen molar-refractivity contribution >= 4 is 0 Å². The summed E-state index contributed by atoms with van der Waals surface area (Å²) in [5.74, 6) is 0. The zero-order valence-corrected chi connectivity index (χ0v) is 9.97. The fraction of sp³-hybridized carbons (Fsp3) is 0.714. The highest BCUT2D eigenvalue weighted by molar-refractivity contribution is 4.92. The summed E-state index contributed by atoms with van der Waals surface area (Å²) in [5, 5.41) is 0.